The number of rotatable bonds is 1. The van der Waals surface area contributed by atoms with Gasteiger partial charge in [-0.25, -0.2) is 0 Å². The summed E-state index contributed by atoms with van der Waals surface area (Å²) in [6.07, 6.45) is 2.58. The summed E-state index contributed by atoms with van der Waals surface area (Å²) in [6.45, 7) is 9.88. The minimum atomic E-state index is 0.159. The molecule has 4 rings (SSSR count). The van der Waals surface area contributed by atoms with E-state index in [-0.39, 0.29) is 11.5 Å². The maximum Gasteiger partial charge on any atom is 0.0895 e. The fraction of sp³-hybridized carbons (Fsp3) is 0.478. The van der Waals surface area contributed by atoms with Crippen LogP contribution in [0.25, 0.3) is 0 Å². The van der Waals surface area contributed by atoms with Crippen molar-refractivity contribution in [1.82, 2.24) is 0 Å². The summed E-state index contributed by atoms with van der Waals surface area (Å²) in [4.78, 5) is 0. The van der Waals surface area contributed by atoms with E-state index in [1.54, 1.807) is 0 Å². The highest BCUT2D eigenvalue weighted by Gasteiger charge is 2.40. The second kappa shape index (κ2) is 6.17. The normalized spacial score (nSPS) is 25.7. The molecule has 2 heteroatoms. The van der Waals surface area contributed by atoms with Crippen molar-refractivity contribution < 1.29 is 4.74 Å². The van der Waals surface area contributed by atoms with Crippen LogP contribution in [0, 0.1) is 12.8 Å². The average Bonchev–Trinajstić information content (AvgIpc) is 2.60. The van der Waals surface area contributed by atoms with Gasteiger partial charge in [-0.2, -0.15) is 0 Å². The quantitative estimate of drug-likeness (QED) is 0.697. The highest BCUT2D eigenvalue weighted by molar-refractivity contribution is 5.59. The van der Waals surface area contributed by atoms with E-state index in [0.29, 0.717) is 12.0 Å². The first-order valence-corrected chi connectivity index (χ1v) is 9.52. The van der Waals surface area contributed by atoms with E-state index in [4.69, 9.17) is 4.74 Å². The Balaban J connectivity index is 1.78. The number of hydrogen-bond donors (Lipinski definition) is 1. The fourth-order valence-electron chi connectivity index (χ4n) is 4.33. The van der Waals surface area contributed by atoms with Gasteiger partial charge in [0, 0.05) is 23.8 Å². The summed E-state index contributed by atoms with van der Waals surface area (Å²) in [5, 5.41) is 3.84. The summed E-state index contributed by atoms with van der Waals surface area (Å²) >= 11 is 0. The molecule has 1 N–H and O–H groups in total. The van der Waals surface area contributed by atoms with Crippen LogP contribution in [0.15, 0.2) is 42.5 Å². The molecule has 3 atom stereocenters. The molecule has 2 aromatic carbocycles. The van der Waals surface area contributed by atoms with Crippen LogP contribution in [0.4, 0.5) is 5.69 Å². The first-order valence-electron chi connectivity index (χ1n) is 9.52. The van der Waals surface area contributed by atoms with Crippen LogP contribution in [0.3, 0.4) is 0 Å². The Hall–Kier alpha value is -1.80. The van der Waals surface area contributed by atoms with Gasteiger partial charge in [-0.15, -0.1) is 0 Å². The molecule has 0 amide bonds. The molecule has 2 heterocycles. The zero-order chi connectivity index (χ0) is 17.6. The van der Waals surface area contributed by atoms with Gasteiger partial charge in [-0.1, -0.05) is 62.7 Å². The van der Waals surface area contributed by atoms with E-state index in [0.717, 1.165) is 13.0 Å². The molecule has 1 fully saturated rings. The Morgan fingerprint density at radius 3 is 2.68 bits per heavy atom. The molecule has 132 valence electrons. The first kappa shape index (κ1) is 16.7. The number of fused-ring (bicyclic) bond motifs is 3. The van der Waals surface area contributed by atoms with Crippen molar-refractivity contribution in [1.29, 1.82) is 0 Å². The first-order chi connectivity index (χ1) is 11.9. The molecule has 0 aromatic heterocycles. The van der Waals surface area contributed by atoms with Crippen LogP contribution in [-0.4, -0.2) is 6.61 Å². The molecule has 2 aromatic rings. The SMILES string of the molecule is Cc1cccc([C@@H]2Nc3ccc(C(C)(C)C)cc3[C@H]3OCCC[C@H]32)c1. The predicted octanol–water partition coefficient (Wildman–Crippen LogP) is 5.93. The lowest BCUT2D eigenvalue weighted by Crippen LogP contribution is -2.36. The molecule has 0 bridgehead atoms. The van der Waals surface area contributed by atoms with Gasteiger partial charge in [-0.05, 0) is 42.4 Å². The van der Waals surface area contributed by atoms with E-state index in [1.807, 2.05) is 0 Å². The van der Waals surface area contributed by atoms with Crippen molar-refractivity contribution in [3.05, 3.63) is 64.7 Å². The molecule has 0 aliphatic carbocycles. The van der Waals surface area contributed by atoms with Crippen LogP contribution in [0.1, 0.15) is 68.0 Å². The van der Waals surface area contributed by atoms with Crippen molar-refractivity contribution in [3.63, 3.8) is 0 Å². The van der Waals surface area contributed by atoms with Crippen molar-refractivity contribution in [2.24, 2.45) is 5.92 Å². The highest BCUT2D eigenvalue weighted by Crippen LogP contribution is 2.49. The van der Waals surface area contributed by atoms with Crippen molar-refractivity contribution in [3.8, 4) is 0 Å². The maximum absolute atomic E-state index is 6.32. The summed E-state index contributed by atoms with van der Waals surface area (Å²) in [5.41, 5.74) is 6.83. The minimum absolute atomic E-state index is 0.159. The van der Waals surface area contributed by atoms with Gasteiger partial charge in [0.1, 0.15) is 0 Å². The van der Waals surface area contributed by atoms with Gasteiger partial charge in [0.05, 0.1) is 12.1 Å². The predicted molar refractivity (Wildman–Crippen MR) is 104 cm³/mol. The van der Waals surface area contributed by atoms with Gasteiger partial charge in [0.25, 0.3) is 0 Å². The lowest BCUT2D eigenvalue weighted by molar-refractivity contribution is -0.0382. The van der Waals surface area contributed by atoms with Crippen LogP contribution in [0.2, 0.25) is 0 Å². The number of nitrogens with one attached hydrogen (secondary N) is 1. The van der Waals surface area contributed by atoms with Gasteiger partial charge >= 0.3 is 0 Å². The van der Waals surface area contributed by atoms with Crippen molar-refractivity contribution in [2.45, 2.75) is 58.1 Å². The Bertz CT molecular complexity index is 774. The summed E-state index contributed by atoms with van der Waals surface area (Å²) in [5.74, 6) is 0.498. The lowest BCUT2D eigenvalue weighted by Gasteiger charge is -2.44. The topological polar surface area (TPSA) is 21.3 Å². The molecular formula is C23H29NO. The van der Waals surface area contributed by atoms with Crippen molar-refractivity contribution >= 4 is 5.69 Å². The number of benzene rings is 2. The standard InChI is InChI=1S/C23H29NO/c1-15-7-5-8-16(13-15)21-18-9-6-12-25-22(18)19-14-17(23(2,3)4)10-11-20(19)24-21/h5,7-8,10-11,13-14,18,21-22,24H,6,9,12H2,1-4H3/t18-,21-,22-/m0/s1. The van der Waals surface area contributed by atoms with E-state index < -0.39 is 0 Å². The molecule has 0 unspecified atom stereocenters. The third-order valence-electron chi connectivity index (χ3n) is 5.73. The van der Waals surface area contributed by atoms with Gasteiger partial charge in [-0.3, -0.25) is 0 Å². The van der Waals surface area contributed by atoms with Gasteiger partial charge < -0.3 is 10.1 Å². The lowest BCUT2D eigenvalue weighted by atomic mass is 9.75. The molecular weight excluding hydrogens is 306 g/mol. The Morgan fingerprint density at radius 1 is 1.08 bits per heavy atom. The van der Waals surface area contributed by atoms with E-state index >= 15 is 0 Å². The zero-order valence-corrected chi connectivity index (χ0v) is 15.8. The van der Waals surface area contributed by atoms with E-state index in [2.05, 4.69) is 75.5 Å². The largest absolute Gasteiger partial charge is 0.378 e. The second-order valence-corrected chi connectivity index (χ2v) is 8.69. The Morgan fingerprint density at radius 2 is 1.92 bits per heavy atom. The van der Waals surface area contributed by atoms with E-state index in [1.165, 1.54) is 34.4 Å². The highest BCUT2D eigenvalue weighted by atomic mass is 16.5. The molecule has 2 aliphatic heterocycles. The number of hydrogen-bond acceptors (Lipinski definition) is 2. The summed E-state index contributed by atoms with van der Waals surface area (Å²) < 4.78 is 6.32. The third-order valence-corrected chi connectivity index (χ3v) is 5.73. The molecule has 1 saturated heterocycles. The van der Waals surface area contributed by atoms with Gasteiger partial charge in [0.2, 0.25) is 0 Å². The monoisotopic (exact) mass is 335 g/mol. The fourth-order valence-corrected chi connectivity index (χ4v) is 4.33. The molecule has 0 saturated carbocycles. The molecule has 25 heavy (non-hydrogen) atoms. The second-order valence-electron chi connectivity index (χ2n) is 8.69. The average molecular weight is 335 g/mol. The minimum Gasteiger partial charge on any atom is -0.378 e. The van der Waals surface area contributed by atoms with E-state index in [9.17, 15) is 0 Å². The van der Waals surface area contributed by atoms with Crippen molar-refractivity contribution in [2.75, 3.05) is 11.9 Å². The van der Waals surface area contributed by atoms with Crippen LogP contribution < -0.4 is 5.32 Å². The maximum atomic E-state index is 6.32. The number of aryl methyl sites for hydroxylation is 1. The summed E-state index contributed by atoms with van der Waals surface area (Å²) in [6, 6.07) is 16.1. The third kappa shape index (κ3) is 3.08. The molecule has 0 radical (unpaired) electrons. The van der Waals surface area contributed by atoms with Crippen LogP contribution >= 0.6 is 0 Å². The number of ether oxygens (including phenoxy) is 1. The molecule has 2 aliphatic rings. The van der Waals surface area contributed by atoms with Crippen LogP contribution in [-0.2, 0) is 10.2 Å². The Labute approximate surface area is 151 Å². The zero-order valence-electron chi connectivity index (χ0n) is 15.8. The number of anilines is 1. The van der Waals surface area contributed by atoms with Crippen LogP contribution in [0.5, 0.6) is 0 Å². The molecule has 0 spiro atoms. The molecule has 2 nitrogen and oxygen atoms in total. The van der Waals surface area contributed by atoms with Gasteiger partial charge in [0.15, 0.2) is 0 Å². The smallest absolute Gasteiger partial charge is 0.0895 e. The Kier molecular flexibility index (Phi) is 4.11. The summed E-state index contributed by atoms with van der Waals surface area (Å²) in [7, 11) is 0.